The quantitative estimate of drug-likeness (QED) is 0.273. The SMILES string of the molecule is COC(=O)c1ccc(CSc2nsc(NC(=O)NCCCN3CCCC3)c2C(N)=O)cc1. The lowest BCUT2D eigenvalue weighted by Gasteiger charge is -2.14. The molecule has 0 radical (unpaired) electrons. The van der Waals surface area contributed by atoms with Crippen LogP contribution in [0.1, 0.15) is 45.5 Å². The fourth-order valence-corrected chi connectivity index (χ4v) is 5.26. The number of carbonyl (C=O) groups excluding carboxylic acids is 3. The van der Waals surface area contributed by atoms with Crippen molar-refractivity contribution in [3.63, 3.8) is 0 Å². The van der Waals surface area contributed by atoms with E-state index in [1.54, 1.807) is 12.1 Å². The van der Waals surface area contributed by atoms with Gasteiger partial charge in [0.2, 0.25) is 0 Å². The number of amides is 3. The van der Waals surface area contributed by atoms with Crippen LogP contribution in [-0.4, -0.2) is 60.5 Å². The third kappa shape index (κ3) is 6.68. The van der Waals surface area contributed by atoms with Crippen LogP contribution in [0.4, 0.5) is 9.80 Å². The molecule has 1 fully saturated rings. The van der Waals surface area contributed by atoms with Crippen LogP contribution < -0.4 is 16.4 Å². The van der Waals surface area contributed by atoms with E-state index >= 15 is 0 Å². The minimum absolute atomic E-state index is 0.207. The molecule has 1 aliphatic heterocycles. The number of urea groups is 1. The Morgan fingerprint density at radius 3 is 2.59 bits per heavy atom. The molecule has 0 spiro atoms. The molecule has 4 N–H and O–H groups in total. The number of esters is 1. The van der Waals surface area contributed by atoms with Crippen LogP contribution in [0.5, 0.6) is 0 Å². The lowest BCUT2D eigenvalue weighted by Crippen LogP contribution is -2.32. The minimum Gasteiger partial charge on any atom is -0.465 e. The summed E-state index contributed by atoms with van der Waals surface area (Å²) in [6.07, 6.45) is 3.36. The summed E-state index contributed by atoms with van der Waals surface area (Å²) >= 11 is 2.36. The van der Waals surface area contributed by atoms with Crippen molar-refractivity contribution < 1.29 is 19.1 Å². The lowest BCUT2D eigenvalue weighted by molar-refractivity contribution is 0.0600. The zero-order chi connectivity index (χ0) is 22.9. The molecule has 0 saturated carbocycles. The predicted molar refractivity (Wildman–Crippen MR) is 125 cm³/mol. The first-order valence-electron chi connectivity index (χ1n) is 10.3. The van der Waals surface area contributed by atoms with Crippen molar-refractivity contribution in [2.75, 3.05) is 38.6 Å². The van der Waals surface area contributed by atoms with Crippen molar-refractivity contribution in [2.45, 2.75) is 30.0 Å². The number of nitrogens with two attached hydrogens (primary N) is 1. The first-order chi connectivity index (χ1) is 15.5. The molecule has 1 saturated heterocycles. The van der Waals surface area contributed by atoms with Gasteiger partial charge in [0.15, 0.2) is 0 Å². The largest absolute Gasteiger partial charge is 0.465 e. The van der Waals surface area contributed by atoms with Gasteiger partial charge in [-0.15, -0.1) is 0 Å². The zero-order valence-corrected chi connectivity index (χ0v) is 19.5. The molecule has 3 rings (SSSR count). The Balaban J connectivity index is 1.52. The molecule has 2 heterocycles. The highest BCUT2D eigenvalue weighted by molar-refractivity contribution is 7.98. The van der Waals surface area contributed by atoms with Crippen LogP contribution in [0.2, 0.25) is 0 Å². The number of primary amides is 1. The van der Waals surface area contributed by atoms with E-state index in [4.69, 9.17) is 10.5 Å². The van der Waals surface area contributed by atoms with Gasteiger partial charge in [-0.1, -0.05) is 23.9 Å². The van der Waals surface area contributed by atoms with Gasteiger partial charge in [0.1, 0.15) is 15.6 Å². The van der Waals surface area contributed by atoms with Gasteiger partial charge in [-0.25, -0.2) is 9.59 Å². The van der Waals surface area contributed by atoms with E-state index in [1.807, 2.05) is 12.1 Å². The van der Waals surface area contributed by atoms with E-state index in [1.165, 1.54) is 31.7 Å². The molecule has 2 aromatic rings. The summed E-state index contributed by atoms with van der Waals surface area (Å²) in [5.74, 6) is -0.524. The van der Waals surface area contributed by atoms with Crippen molar-refractivity contribution in [2.24, 2.45) is 5.73 Å². The maximum Gasteiger partial charge on any atom is 0.337 e. The normalized spacial score (nSPS) is 13.7. The molecular formula is C21H27N5O4S2. The minimum atomic E-state index is -0.647. The number of methoxy groups -OCH3 is 1. The number of aromatic nitrogens is 1. The molecule has 0 atom stereocenters. The number of carbonyl (C=O) groups is 3. The third-order valence-electron chi connectivity index (χ3n) is 5.02. The summed E-state index contributed by atoms with van der Waals surface area (Å²) in [5.41, 5.74) is 7.16. The molecule has 0 bridgehead atoms. The zero-order valence-electron chi connectivity index (χ0n) is 17.9. The molecule has 0 unspecified atom stereocenters. The van der Waals surface area contributed by atoms with Crippen LogP contribution in [0.15, 0.2) is 29.3 Å². The van der Waals surface area contributed by atoms with E-state index in [2.05, 4.69) is 19.9 Å². The Morgan fingerprint density at radius 2 is 1.94 bits per heavy atom. The Hall–Kier alpha value is -2.63. The van der Waals surface area contributed by atoms with Crippen LogP contribution in [0.25, 0.3) is 0 Å². The Labute approximate surface area is 195 Å². The molecule has 1 aromatic heterocycles. The van der Waals surface area contributed by atoms with E-state index in [0.717, 1.165) is 43.2 Å². The van der Waals surface area contributed by atoms with Crippen molar-refractivity contribution in [3.8, 4) is 0 Å². The summed E-state index contributed by atoms with van der Waals surface area (Å²) in [4.78, 5) is 38.2. The van der Waals surface area contributed by atoms with Gasteiger partial charge in [-0.3, -0.25) is 10.1 Å². The topological polar surface area (TPSA) is 127 Å². The average molecular weight is 478 g/mol. The predicted octanol–water partition coefficient (Wildman–Crippen LogP) is 2.93. The second kappa shape index (κ2) is 11.8. The van der Waals surface area contributed by atoms with Crippen molar-refractivity contribution >= 4 is 46.2 Å². The third-order valence-corrected chi connectivity index (χ3v) is 6.94. The smallest absolute Gasteiger partial charge is 0.337 e. The number of nitrogens with zero attached hydrogens (tertiary/aromatic N) is 2. The fourth-order valence-electron chi connectivity index (χ4n) is 3.34. The number of thioether (sulfide) groups is 1. The van der Waals surface area contributed by atoms with Gasteiger partial charge >= 0.3 is 12.0 Å². The molecule has 1 aliphatic rings. The number of rotatable bonds is 10. The monoisotopic (exact) mass is 477 g/mol. The molecule has 32 heavy (non-hydrogen) atoms. The van der Waals surface area contributed by atoms with Crippen molar-refractivity contribution in [3.05, 3.63) is 41.0 Å². The number of benzene rings is 1. The van der Waals surface area contributed by atoms with Crippen LogP contribution in [0.3, 0.4) is 0 Å². The van der Waals surface area contributed by atoms with Gasteiger partial charge in [0, 0.05) is 12.3 Å². The molecule has 1 aromatic carbocycles. The first kappa shape index (κ1) is 24.0. The highest BCUT2D eigenvalue weighted by Gasteiger charge is 2.21. The number of hydrogen-bond donors (Lipinski definition) is 3. The highest BCUT2D eigenvalue weighted by Crippen LogP contribution is 2.33. The number of ether oxygens (including phenoxy) is 1. The maximum atomic E-state index is 12.2. The van der Waals surface area contributed by atoms with Crippen molar-refractivity contribution in [1.82, 2.24) is 14.6 Å². The number of anilines is 1. The summed E-state index contributed by atoms with van der Waals surface area (Å²) < 4.78 is 8.98. The standard InChI is InChI=1S/C21H27N5O4S2/c1-30-20(28)15-7-5-14(6-8-15)13-31-19-16(17(22)27)18(32-25-19)24-21(29)23-9-4-12-26-10-2-3-11-26/h5-8H,2-4,9-13H2,1H3,(H2,22,27)(H2,23,24,29). The van der Waals surface area contributed by atoms with Crippen LogP contribution >= 0.6 is 23.3 Å². The fraction of sp³-hybridized carbons (Fsp3) is 0.429. The average Bonchev–Trinajstić information content (AvgIpc) is 3.45. The molecule has 9 nitrogen and oxygen atoms in total. The van der Waals surface area contributed by atoms with Gasteiger partial charge in [-0.2, -0.15) is 4.37 Å². The first-order valence-corrected chi connectivity index (χ1v) is 12.1. The van der Waals surface area contributed by atoms with E-state index in [9.17, 15) is 14.4 Å². The molecule has 11 heteroatoms. The Bertz CT molecular complexity index is 942. The van der Waals surface area contributed by atoms with E-state index < -0.39 is 11.9 Å². The summed E-state index contributed by atoms with van der Waals surface area (Å²) in [6.45, 7) is 3.78. The molecule has 3 amide bonds. The van der Waals surface area contributed by atoms with Crippen LogP contribution in [-0.2, 0) is 10.5 Å². The van der Waals surface area contributed by atoms with Gasteiger partial charge in [-0.05, 0) is 68.1 Å². The van der Waals surface area contributed by atoms with Gasteiger partial charge in [0.25, 0.3) is 5.91 Å². The molecular weight excluding hydrogens is 450 g/mol. The van der Waals surface area contributed by atoms with Crippen molar-refractivity contribution in [1.29, 1.82) is 0 Å². The summed E-state index contributed by atoms with van der Waals surface area (Å²) in [7, 11) is 1.33. The summed E-state index contributed by atoms with van der Waals surface area (Å²) in [6, 6.07) is 6.60. The van der Waals surface area contributed by atoms with Crippen LogP contribution in [0, 0.1) is 0 Å². The number of nitrogens with one attached hydrogen (secondary N) is 2. The van der Waals surface area contributed by atoms with E-state index in [0.29, 0.717) is 27.9 Å². The maximum absolute atomic E-state index is 12.2. The second-order valence-corrected chi connectivity index (χ2v) is 9.05. The van der Waals surface area contributed by atoms with E-state index in [-0.39, 0.29) is 11.6 Å². The Kier molecular flexibility index (Phi) is 8.89. The molecule has 0 aliphatic carbocycles. The number of hydrogen-bond acceptors (Lipinski definition) is 8. The highest BCUT2D eigenvalue weighted by atomic mass is 32.2. The Morgan fingerprint density at radius 1 is 1.22 bits per heavy atom. The van der Waals surface area contributed by atoms with Gasteiger partial charge < -0.3 is 20.7 Å². The van der Waals surface area contributed by atoms with Gasteiger partial charge in [0.05, 0.1) is 12.7 Å². The lowest BCUT2D eigenvalue weighted by atomic mass is 10.1. The number of likely N-dealkylation sites (tertiary alicyclic amines) is 1. The second-order valence-electron chi connectivity index (χ2n) is 7.32. The summed E-state index contributed by atoms with van der Waals surface area (Å²) in [5, 5.41) is 6.30. The molecule has 172 valence electrons.